The Morgan fingerprint density at radius 1 is 1.71 bits per heavy atom. The first-order valence-corrected chi connectivity index (χ1v) is 5.14. The van der Waals surface area contributed by atoms with Gasteiger partial charge >= 0.3 is 0 Å². The Bertz CT molecular complexity index is 328. The molecule has 0 unspecified atom stereocenters. The second kappa shape index (κ2) is 3.82. The molecule has 0 spiro atoms. The minimum absolute atomic E-state index is 0.0741. The minimum Gasteiger partial charge on any atom is -0.351 e. The smallest absolute Gasteiger partial charge is 0.271 e. The van der Waals surface area contributed by atoms with Crippen LogP contribution in [0.5, 0.6) is 0 Å². The number of hydrogen-bond acceptors (Lipinski definition) is 2. The zero-order valence-corrected chi connectivity index (χ0v) is 8.34. The Balaban J connectivity index is 1.97. The molecule has 4 heteroatoms. The Morgan fingerprint density at radius 2 is 2.50 bits per heavy atom. The number of rotatable bonds is 4. The van der Waals surface area contributed by atoms with E-state index < -0.39 is 0 Å². The van der Waals surface area contributed by atoms with Crippen LogP contribution in [0.25, 0.3) is 0 Å². The molecule has 1 aliphatic rings. The van der Waals surface area contributed by atoms with Crippen LogP contribution in [0.1, 0.15) is 48.3 Å². The van der Waals surface area contributed by atoms with Gasteiger partial charge in [0.05, 0.1) is 0 Å². The third-order valence-electron chi connectivity index (χ3n) is 2.38. The van der Waals surface area contributed by atoms with Crippen LogP contribution in [0, 0.1) is 0 Å². The first kappa shape index (κ1) is 9.24. The van der Waals surface area contributed by atoms with Crippen LogP contribution in [0.4, 0.5) is 0 Å². The fourth-order valence-electron chi connectivity index (χ4n) is 1.39. The van der Waals surface area contributed by atoms with Crippen molar-refractivity contribution in [2.45, 2.75) is 32.1 Å². The summed E-state index contributed by atoms with van der Waals surface area (Å²) in [6, 6.07) is 1.86. The lowest BCUT2D eigenvalue weighted by Crippen LogP contribution is -2.24. The fourth-order valence-corrected chi connectivity index (χ4v) is 1.39. The van der Waals surface area contributed by atoms with Gasteiger partial charge in [0, 0.05) is 18.2 Å². The highest BCUT2D eigenvalue weighted by Gasteiger charge is 2.26. The van der Waals surface area contributed by atoms with Crippen molar-refractivity contribution in [2.24, 2.45) is 0 Å². The molecule has 0 radical (unpaired) electrons. The first-order chi connectivity index (χ1) is 6.81. The molecule has 0 saturated heterocycles. The summed E-state index contributed by atoms with van der Waals surface area (Å²) in [5.74, 6) is 0.547. The summed E-state index contributed by atoms with van der Waals surface area (Å²) < 4.78 is 0. The van der Waals surface area contributed by atoms with Crippen molar-refractivity contribution >= 4 is 5.91 Å². The summed E-state index contributed by atoms with van der Waals surface area (Å²) in [6.07, 6.45) is 3.39. The molecule has 1 aromatic heterocycles. The lowest BCUT2D eigenvalue weighted by molar-refractivity contribution is 0.0948. The zero-order chi connectivity index (χ0) is 9.97. The van der Waals surface area contributed by atoms with E-state index in [9.17, 15) is 4.79 Å². The predicted molar refractivity (Wildman–Crippen MR) is 53.2 cm³/mol. The van der Waals surface area contributed by atoms with E-state index in [4.69, 9.17) is 0 Å². The number of nitrogens with zero attached hydrogens (tertiary/aromatic N) is 1. The van der Waals surface area contributed by atoms with Crippen LogP contribution in [-0.2, 0) is 0 Å². The molecule has 1 aliphatic carbocycles. The van der Waals surface area contributed by atoms with Gasteiger partial charge in [-0.3, -0.25) is 9.89 Å². The number of amides is 1. The molecule has 76 valence electrons. The topological polar surface area (TPSA) is 57.8 Å². The molecule has 0 aliphatic heterocycles. The van der Waals surface area contributed by atoms with Crippen molar-refractivity contribution < 1.29 is 4.79 Å². The van der Waals surface area contributed by atoms with Crippen LogP contribution in [-0.4, -0.2) is 22.6 Å². The zero-order valence-electron chi connectivity index (χ0n) is 8.34. The van der Waals surface area contributed by atoms with E-state index in [1.54, 1.807) is 0 Å². The van der Waals surface area contributed by atoms with E-state index in [-0.39, 0.29) is 5.91 Å². The normalized spacial score (nSPS) is 15.5. The van der Waals surface area contributed by atoms with Crippen LogP contribution >= 0.6 is 0 Å². The van der Waals surface area contributed by atoms with Crippen LogP contribution < -0.4 is 5.32 Å². The van der Waals surface area contributed by atoms with Crippen molar-refractivity contribution in [3.05, 3.63) is 17.5 Å². The second-order valence-corrected chi connectivity index (χ2v) is 3.74. The molecule has 0 atom stereocenters. The number of hydrogen-bond donors (Lipinski definition) is 2. The number of H-pyrrole nitrogens is 1. The molecule has 4 nitrogen and oxygen atoms in total. The van der Waals surface area contributed by atoms with Crippen molar-refractivity contribution in [1.29, 1.82) is 0 Å². The molecule has 1 heterocycles. The largest absolute Gasteiger partial charge is 0.351 e. The highest BCUT2D eigenvalue weighted by Crippen LogP contribution is 2.38. The summed E-state index contributed by atoms with van der Waals surface area (Å²) in [5, 5.41) is 9.71. The molecule has 1 saturated carbocycles. The lowest BCUT2D eigenvalue weighted by Gasteiger charge is -1.98. The molecular formula is C10H15N3O. The number of aromatic amines is 1. The van der Waals surface area contributed by atoms with Crippen molar-refractivity contribution in [3.8, 4) is 0 Å². The molecule has 0 aromatic carbocycles. The van der Waals surface area contributed by atoms with E-state index in [1.807, 2.05) is 13.0 Å². The molecule has 1 aromatic rings. The standard InChI is InChI=1S/C10H15N3O/c1-2-5-11-10(14)9-6-8(12-13-9)7-3-4-7/h6-7H,2-5H2,1H3,(H,11,14)(H,12,13). The van der Waals surface area contributed by atoms with Gasteiger partial charge in [0.15, 0.2) is 0 Å². The SMILES string of the molecule is CCCNC(=O)c1cc(C2CC2)[nH]n1. The molecular weight excluding hydrogens is 178 g/mol. The van der Waals surface area contributed by atoms with Gasteiger partial charge in [-0.05, 0) is 25.3 Å². The molecule has 2 rings (SSSR count). The van der Waals surface area contributed by atoms with Gasteiger partial charge in [0.1, 0.15) is 5.69 Å². The van der Waals surface area contributed by atoms with Gasteiger partial charge in [-0.1, -0.05) is 6.92 Å². The number of carbonyl (C=O) groups is 1. The van der Waals surface area contributed by atoms with E-state index in [0.717, 1.165) is 12.1 Å². The molecule has 2 N–H and O–H groups in total. The quantitative estimate of drug-likeness (QED) is 0.760. The minimum atomic E-state index is -0.0741. The van der Waals surface area contributed by atoms with Gasteiger partial charge < -0.3 is 5.32 Å². The summed E-state index contributed by atoms with van der Waals surface area (Å²) in [6.45, 7) is 2.74. The lowest BCUT2D eigenvalue weighted by atomic mass is 10.2. The van der Waals surface area contributed by atoms with Crippen molar-refractivity contribution in [2.75, 3.05) is 6.54 Å². The van der Waals surface area contributed by atoms with Crippen LogP contribution in [0.2, 0.25) is 0 Å². The first-order valence-electron chi connectivity index (χ1n) is 5.14. The van der Waals surface area contributed by atoms with Crippen molar-refractivity contribution in [1.82, 2.24) is 15.5 Å². The highest BCUT2D eigenvalue weighted by molar-refractivity contribution is 5.92. The van der Waals surface area contributed by atoms with E-state index in [2.05, 4.69) is 15.5 Å². The molecule has 0 bridgehead atoms. The maximum atomic E-state index is 11.5. The summed E-state index contributed by atoms with van der Waals surface area (Å²) in [7, 11) is 0. The Kier molecular flexibility index (Phi) is 2.52. The summed E-state index contributed by atoms with van der Waals surface area (Å²) in [4.78, 5) is 11.5. The van der Waals surface area contributed by atoms with Gasteiger partial charge in [0.2, 0.25) is 0 Å². The number of nitrogens with one attached hydrogen (secondary N) is 2. The van der Waals surface area contributed by atoms with E-state index in [1.165, 1.54) is 12.8 Å². The van der Waals surface area contributed by atoms with Gasteiger partial charge in [-0.2, -0.15) is 5.10 Å². The fraction of sp³-hybridized carbons (Fsp3) is 0.600. The maximum Gasteiger partial charge on any atom is 0.271 e. The van der Waals surface area contributed by atoms with Gasteiger partial charge in [-0.25, -0.2) is 0 Å². The average molecular weight is 193 g/mol. The Morgan fingerprint density at radius 3 is 3.14 bits per heavy atom. The van der Waals surface area contributed by atoms with Gasteiger partial charge in [-0.15, -0.1) is 0 Å². The van der Waals surface area contributed by atoms with Gasteiger partial charge in [0.25, 0.3) is 5.91 Å². The second-order valence-electron chi connectivity index (χ2n) is 3.74. The van der Waals surface area contributed by atoms with Crippen molar-refractivity contribution in [3.63, 3.8) is 0 Å². The third-order valence-corrected chi connectivity index (χ3v) is 2.38. The highest BCUT2D eigenvalue weighted by atomic mass is 16.1. The maximum absolute atomic E-state index is 11.5. The summed E-state index contributed by atoms with van der Waals surface area (Å²) >= 11 is 0. The predicted octanol–water partition coefficient (Wildman–Crippen LogP) is 1.43. The monoisotopic (exact) mass is 193 g/mol. The molecule has 1 amide bonds. The Labute approximate surface area is 83.1 Å². The number of aromatic nitrogens is 2. The third kappa shape index (κ3) is 1.95. The van der Waals surface area contributed by atoms with Crippen LogP contribution in [0.3, 0.4) is 0 Å². The summed E-state index contributed by atoms with van der Waals surface area (Å²) in [5.41, 5.74) is 1.62. The van der Waals surface area contributed by atoms with E-state index in [0.29, 0.717) is 18.2 Å². The average Bonchev–Trinajstić information content (AvgIpc) is 2.93. The van der Waals surface area contributed by atoms with Crippen LogP contribution in [0.15, 0.2) is 6.07 Å². The molecule has 1 fully saturated rings. The number of carbonyl (C=O) groups excluding carboxylic acids is 1. The molecule has 14 heavy (non-hydrogen) atoms. The van der Waals surface area contributed by atoms with E-state index >= 15 is 0 Å². The Hall–Kier alpha value is -1.32.